The molecule has 0 spiro atoms. The monoisotopic (exact) mass is 253 g/mol. The van der Waals surface area contributed by atoms with Crippen molar-refractivity contribution in [1.82, 2.24) is 4.90 Å². The van der Waals surface area contributed by atoms with Crippen LogP contribution in [0.2, 0.25) is 0 Å². The number of anilines is 1. The Labute approximate surface area is 103 Å². The Hall–Kier alpha value is -0.790. The van der Waals surface area contributed by atoms with Crippen molar-refractivity contribution in [1.29, 1.82) is 0 Å². The first-order valence-electron chi connectivity index (χ1n) is 5.47. The summed E-state index contributed by atoms with van der Waals surface area (Å²) < 4.78 is 5.76. The highest BCUT2D eigenvalue weighted by atomic mass is 32.2. The summed E-state index contributed by atoms with van der Waals surface area (Å²) in [5.41, 5.74) is 1.26. The van der Waals surface area contributed by atoms with Crippen LogP contribution in [-0.2, 0) is 4.74 Å². The molecule has 2 unspecified atom stereocenters. The molecule has 3 rings (SSSR count). The zero-order valence-corrected chi connectivity index (χ0v) is 9.97. The third-order valence-corrected chi connectivity index (χ3v) is 4.27. The molecule has 0 aliphatic carbocycles. The predicted octanol–water partition coefficient (Wildman–Crippen LogP) is 1.78. The number of hydrogen-bond donors (Lipinski definition) is 1. The first-order chi connectivity index (χ1) is 8.25. The molecule has 2 heterocycles. The van der Waals surface area contributed by atoms with Gasteiger partial charge in [-0.25, -0.2) is 0 Å². The van der Waals surface area contributed by atoms with E-state index in [1.165, 1.54) is 0 Å². The Morgan fingerprint density at radius 3 is 2.88 bits per heavy atom. The van der Waals surface area contributed by atoms with Crippen molar-refractivity contribution in [3.05, 3.63) is 35.0 Å². The Kier molecular flexibility index (Phi) is 2.97. The molecular weight excluding hydrogens is 240 g/mol. The van der Waals surface area contributed by atoms with Gasteiger partial charge in [-0.15, -0.1) is 11.8 Å². The van der Waals surface area contributed by atoms with Gasteiger partial charge < -0.3 is 15.2 Å². The van der Waals surface area contributed by atoms with Crippen LogP contribution < -0.4 is 5.23 Å². The summed E-state index contributed by atoms with van der Waals surface area (Å²) in [7, 11) is 0. The number of thioether (sulfide) groups is 1. The molecule has 1 aromatic rings. The summed E-state index contributed by atoms with van der Waals surface area (Å²) in [4.78, 5) is 2.33. The maximum atomic E-state index is 10.7. The second-order valence-electron chi connectivity index (χ2n) is 4.22. The van der Waals surface area contributed by atoms with Crippen molar-refractivity contribution >= 4 is 17.4 Å². The van der Waals surface area contributed by atoms with Crippen LogP contribution >= 0.6 is 11.8 Å². The van der Waals surface area contributed by atoms with Crippen molar-refractivity contribution in [2.75, 3.05) is 23.5 Å². The van der Waals surface area contributed by atoms with Gasteiger partial charge in [0.05, 0.1) is 12.3 Å². The summed E-state index contributed by atoms with van der Waals surface area (Å²) in [6.45, 7) is 0.771. The fourth-order valence-corrected chi connectivity index (χ4v) is 3.47. The second kappa shape index (κ2) is 4.47. The molecule has 0 aromatic heterocycles. The number of nitrogens with zero attached hydrogens (tertiary/aromatic N) is 2. The Balaban J connectivity index is 1.80. The van der Waals surface area contributed by atoms with Gasteiger partial charge in [-0.3, -0.25) is 10.1 Å². The summed E-state index contributed by atoms with van der Waals surface area (Å²) in [5, 5.41) is 19.3. The number of hydrogen-bond acceptors (Lipinski definition) is 6. The fraction of sp³-hybridized carbons (Fsp3) is 0.455. The molecule has 6 heteroatoms. The van der Waals surface area contributed by atoms with Crippen LogP contribution in [0.5, 0.6) is 0 Å². The lowest BCUT2D eigenvalue weighted by atomic mass is 10.1. The van der Waals surface area contributed by atoms with Crippen LogP contribution in [0.25, 0.3) is 0 Å². The summed E-state index contributed by atoms with van der Waals surface area (Å²) in [6.07, 6.45) is -0.0113. The molecule has 5 nitrogen and oxygen atoms in total. The minimum absolute atomic E-state index is 0.0113. The topological polar surface area (TPSA) is 59.0 Å². The van der Waals surface area contributed by atoms with Crippen LogP contribution in [0, 0.1) is 5.21 Å². The van der Waals surface area contributed by atoms with E-state index < -0.39 is 0 Å². The predicted molar refractivity (Wildman–Crippen MR) is 65.7 cm³/mol. The third-order valence-electron chi connectivity index (χ3n) is 3.17. The van der Waals surface area contributed by atoms with E-state index in [-0.39, 0.29) is 17.1 Å². The molecule has 0 amide bonds. The molecule has 0 saturated carbocycles. The maximum absolute atomic E-state index is 10.7. The van der Waals surface area contributed by atoms with Crippen LogP contribution in [0.1, 0.15) is 11.8 Å². The summed E-state index contributed by atoms with van der Waals surface area (Å²) >= 11 is 1.92. The van der Waals surface area contributed by atoms with Crippen LogP contribution in [0.4, 0.5) is 5.69 Å². The molecular formula is C11H13N2O3S-. The van der Waals surface area contributed by atoms with E-state index in [2.05, 4.69) is 4.90 Å². The van der Waals surface area contributed by atoms with Crippen molar-refractivity contribution < 1.29 is 9.94 Å². The molecule has 2 aliphatic heterocycles. The Morgan fingerprint density at radius 2 is 2.18 bits per heavy atom. The van der Waals surface area contributed by atoms with E-state index in [1.807, 2.05) is 23.9 Å². The smallest absolute Gasteiger partial charge is 0.137 e. The molecule has 2 aliphatic rings. The lowest BCUT2D eigenvalue weighted by Gasteiger charge is -2.24. The van der Waals surface area contributed by atoms with E-state index in [9.17, 15) is 5.21 Å². The average molecular weight is 253 g/mol. The van der Waals surface area contributed by atoms with Crippen molar-refractivity contribution in [2.24, 2.45) is 0 Å². The van der Waals surface area contributed by atoms with E-state index in [0.29, 0.717) is 6.04 Å². The normalized spacial score (nSPS) is 28.4. The molecule has 92 valence electrons. The molecule has 1 N–H and O–H groups in total. The molecule has 0 radical (unpaired) electrons. The molecule has 1 aromatic carbocycles. The number of benzene rings is 1. The highest BCUT2D eigenvalue weighted by molar-refractivity contribution is 7.99. The summed E-state index contributed by atoms with van der Waals surface area (Å²) in [5.74, 6) is 2.12. The fourth-order valence-electron chi connectivity index (χ4n) is 2.25. The van der Waals surface area contributed by atoms with Crippen molar-refractivity contribution in [2.45, 2.75) is 12.3 Å². The van der Waals surface area contributed by atoms with Crippen molar-refractivity contribution in [3.63, 3.8) is 0 Å². The first kappa shape index (κ1) is 11.3. The maximum Gasteiger partial charge on any atom is 0.137 e. The van der Waals surface area contributed by atoms with E-state index >= 15 is 0 Å². The van der Waals surface area contributed by atoms with Gasteiger partial charge in [0.25, 0.3) is 0 Å². The third kappa shape index (κ3) is 2.02. The highest BCUT2D eigenvalue weighted by Gasteiger charge is 2.38. The lowest BCUT2D eigenvalue weighted by molar-refractivity contribution is 0.0418. The molecule has 0 bridgehead atoms. The zero-order chi connectivity index (χ0) is 11.8. The minimum atomic E-state index is -0.131. The van der Waals surface area contributed by atoms with E-state index in [1.54, 1.807) is 12.1 Å². The number of ether oxygens (including phenoxy) is 1. The Bertz CT molecular complexity index is 398. The molecule has 2 saturated heterocycles. The van der Waals surface area contributed by atoms with Gasteiger partial charge in [-0.05, 0) is 17.7 Å². The van der Waals surface area contributed by atoms with E-state index in [4.69, 9.17) is 9.94 Å². The second-order valence-corrected chi connectivity index (χ2v) is 5.22. The summed E-state index contributed by atoms with van der Waals surface area (Å²) in [6, 6.07) is 7.36. The molecule has 2 fully saturated rings. The number of rotatable bonds is 2. The van der Waals surface area contributed by atoms with Gasteiger partial charge >= 0.3 is 0 Å². The van der Waals surface area contributed by atoms with Crippen LogP contribution in [0.3, 0.4) is 0 Å². The van der Waals surface area contributed by atoms with Gasteiger partial charge in [0.2, 0.25) is 0 Å². The quantitative estimate of drug-likeness (QED) is 0.811. The molecule has 2 atom stereocenters. The van der Waals surface area contributed by atoms with E-state index in [0.717, 1.165) is 23.8 Å². The lowest BCUT2D eigenvalue weighted by Crippen LogP contribution is -2.27. The van der Waals surface area contributed by atoms with Gasteiger partial charge in [-0.1, -0.05) is 12.1 Å². The van der Waals surface area contributed by atoms with Crippen LogP contribution in [-0.4, -0.2) is 34.4 Å². The van der Waals surface area contributed by atoms with Crippen molar-refractivity contribution in [3.8, 4) is 0 Å². The highest BCUT2D eigenvalue weighted by Crippen LogP contribution is 2.37. The SMILES string of the molecule is [O-]N(O)c1ccc(C2OCC3CSCN32)cc1. The molecule has 17 heavy (non-hydrogen) atoms. The van der Waals surface area contributed by atoms with Gasteiger partial charge in [0.15, 0.2) is 0 Å². The van der Waals surface area contributed by atoms with Crippen LogP contribution in [0.15, 0.2) is 24.3 Å². The first-order valence-corrected chi connectivity index (χ1v) is 6.62. The zero-order valence-electron chi connectivity index (χ0n) is 9.15. The largest absolute Gasteiger partial charge is 0.733 e. The van der Waals surface area contributed by atoms with Gasteiger partial charge in [0.1, 0.15) is 6.23 Å². The average Bonchev–Trinajstić information content (AvgIpc) is 2.90. The minimum Gasteiger partial charge on any atom is -0.733 e. The Morgan fingerprint density at radius 1 is 1.41 bits per heavy atom. The van der Waals surface area contributed by atoms with Gasteiger partial charge in [0, 0.05) is 17.7 Å². The number of fused-ring (bicyclic) bond motifs is 1. The van der Waals surface area contributed by atoms with Gasteiger partial charge in [-0.2, -0.15) is 0 Å². The standard InChI is InChI=1S/C11H13N2O3S/c14-13(15)9-3-1-8(2-4-9)11-12-7-17-6-10(12)5-16-11/h1-4,10-11,14H,5-7H2/q-1.